The minimum atomic E-state index is -1.02. The molecule has 6 N–H and O–H groups in total. The lowest BCUT2D eigenvalue weighted by Gasteiger charge is -2.23. The molecule has 0 radical (unpaired) electrons. The predicted molar refractivity (Wildman–Crippen MR) is 222 cm³/mol. The zero-order valence-corrected chi connectivity index (χ0v) is 35.1. The number of nitrogens with one attached hydrogen (secondary N) is 2. The summed E-state index contributed by atoms with van der Waals surface area (Å²) in [5.41, 5.74) is 13.0. The maximum atomic E-state index is 13.9. The molecule has 0 aliphatic carbocycles. The lowest BCUT2D eigenvalue weighted by molar-refractivity contribution is -0.156. The number of carbonyl (C=O) groups is 5. The molecule has 316 valence electrons. The second-order valence-electron chi connectivity index (χ2n) is 15.6. The molecule has 0 aliphatic heterocycles. The second kappa shape index (κ2) is 21.1. The van der Waals surface area contributed by atoms with E-state index in [0.717, 1.165) is 5.56 Å². The Morgan fingerprint density at radius 3 is 2.05 bits per heavy atom. The molecule has 3 aromatic carbocycles. The van der Waals surface area contributed by atoms with Gasteiger partial charge in [-0.25, -0.2) is 4.79 Å². The Morgan fingerprint density at radius 2 is 1.38 bits per heavy atom. The van der Waals surface area contributed by atoms with Crippen molar-refractivity contribution in [1.82, 2.24) is 10.6 Å². The Bertz CT molecular complexity index is 1920. The summed E-state index contributed by atoms with van der Waals surface area (Å²) in [6.45, 7) is 13.6. The van der Waals surface area contributed by atoms with Crippen molar-refractivity contribution < 1.29 is 47.7 Å². The number of hydrogen-bond acceptors (Lipinski definition) is 12. The summed E-state index contributed by atoms with van der Waals surface area (Å²) in [6, 6.07) is 14.1. The van der Waals surface area contributed by atoms with Gasteiger partial charge >= 0.3 is 12.1 Å². The summed E-state index contributed by atoms with van der Waals surface area (Å²) in [7, 11) is 2.97. The van der Waals surface area contributed by atoms with E-state index in [2.05, 4.69) is 10.6 Å². The smallest absolute Gasteiger partial charge is 0.407 e. The van der Waals surface area contributed by atoms with Gasteiger partial charge in [0.25, 0.3) is 5.91 Å². The number of rotatable bonds is 19. The first-order valence-corrected chi connectivity index (χ1v) is 19.2. The topological polar surface area (TPSA) is 211 Å². The van der Waals surface area contributed by atoms with Crippen molar-refractivity contribution >= 4 is 41.0 Å². The first kappa shape index (κ1) is 46.6. The van der Waals surface area contributed by atoms with Crippen LogP contribution in [0.1, 0.15) is 99.1 Å². The molecule has 15 heteroatoms. The molecule has 0 bridgehead atoms. The molecule has 1 unspecified atom stereocenters. The van der Waals surface area contributed by atoms with E-state index < -0.39 is 46.9 Å². The normalized spacial score (nSPS) is 11.8. The number of ketones is 1. The summed E-state index contributed by atoms with van der Waals surface area (Å²) < 4.78 is 28.1. The molecular weight excluding hydrogens is 746 g/mol. The summed E-state index contributed by atoms with van der Waals surface area (Å²) in [6.07, 6.45) is 0.866. The van der Waals surface area contributed by atoms with Gasteiger partial charge in [0.2, 0.25) is 11.7 Å². The molecule has 0 saturated heterocycles. The number of methoxy groups -OCH3 is 1. The first-order valence-electron chi connectivity index (χ1n) is 19.2. The number of nitrogens with two attached hydrogens (primary N) is 2. The Labute approximate surface area is 341 Å². The fourth-order valence-electron chi connectivity index (χ4n) is 5.58. The maximum absolute atomic E-state index is 13.9. The fourth-order valence-corrected chi connectivity index (χ4v) is 5.58. The number of para-hydroxylation sites is 1. The van der Waals surface area contributed by atoms with Gasteiger partial charge in [-0.05, 0) is 110 Å². The molecule has 3 amide bonds. The van der Waals surface area contributed by atoms with Crippen LogP contribution in [0, 0.1) is 6.92 Å². The number of anilines is 2. The van der Waals surface area contributed by atoms with Crippen molar-refractivity contribution in [2.75, 3.05) is 51.1 Å². The zero-order chi connectivity index (χ0) is 43.2. The van der Waals surface area contributed by atoms with E-state index in [1.807, 2.05) is 19.1 Å². The number of unbranched alkanes of at least 4 members (excludes halogenated alkanes) is 1. The number of esters is 1. The van der Waals surface area contributed by atoms with E-state index in [-0.39, 0.29) is 41.2 Å². The molecule has 0 fully saturated rings. The SMILES string of the molecule is COc1c(C(=O)c2ccccc2OCCCNC(=O)OC(C)(C)C)ccc(C(=O)N(C)c2ccc(C)cc2OCCCCNC(=O)C(N)CC(=O)OC(C)(C)C)c1N. The summed E-state index contributed by atoms with van der Waals surface area (Å²) >= 11 is 0. The van der Waals surface area contributed by atoms with Crippen molar-refractivity contribution in [3.8, 4) is 17.2 Å². The van der Waals surface area contributed by atoms with Crippen LogP contribution in [0.15, 0.2) is 54.6 Å². The molecule has 0 spiro atoms. The molecule has 3 aromatic rings. The van der Waals surface area contributed by atoms with Gasteiger partial charge in [0.05, 0.1) is 60.9 Å². The van der Waals surface area contributed by atoms with Crippen LogP contribution in [0.2, 0.25) is 0 Å². The number of alkyl carbamates (subject to hydrolysis) is 1. The van der Waals surface area contributed by atoms with Gasteiger partial charge in [0.1, 0.15) is 22.7 Å². The lowest BCUT2D eigenvalue weighted by atomic mass is 9.98. The van der Waals surface area contributed by atoms with Crippen LogP contribution in [-0.2, 0) is 19.1 Å². The summed E-state index contributed by atoms with van der Waals surface area (Å²) in [5.74, 6) is -1.03. The van der Waals surface area contributed by atoms with Gasteiger partial charge in [-0.15, -0.1) is 0 Å². The highest BCUT2D eigenvalue weighted by atomic mass is 16.6. The zero-order valence-electron chi connectivity index (χ0n) is 35.1. The van der Waals surface area contributed by atoms with Crippen LogP contribution in [0.4, 0.5) is 16.2 Å². The molecule has 0 aromatic heterocycles. The van der Waals surface area contributed by atoms with Crippen LogP contribution in [-0.4, -0.2) is 87.4 Å². The molecule has 15 nitrogen and oxygen atoms in total. The highest BCUT2D eigenvalue weighted by Crippen LogP contribution is 2.36. The quantitative estimate of drug-likeness (QED) is 0.0496. The van der Waals surface area contributed by atoms with E-state index in [4.69, 9.17) is 35.2 Å². The van der Waals surface area contributed by atoms with Crippen molar-refractivity contribution in [3.63, 3.8) is 0 Å². The molecule has 0 heterocycles. The highest BCUT2D eigenvalue weighted by Gasteiger charge is 2.27. The van der Waals surface area contributed by atoms with Gasteiger partial charge in [-0.3, -0.25) is 19.2 Å². The highest BCUT2D eigenvalue weighted by molar-refractivity contribution is 6.16. The number of nitrogen functional groups attached to an aromatic ring is 1. The monoisotopic (exact) mass is 805 g/mol. The van der Waals surface area contributed by atoms with Crippen LogP contribution >= 0.6 is 0 Å². The van der Waals surface area contributed by atoms with Crippen molar-refractivity contribution in [2.45, 2.75) is 91.4 Å². The van der Waals surface area contributed by atoms with Crippen molar-refractivity contribution in [1.29, 1.82) is 0 Å². The lowest BCUT2D eigenvalue weighted by Crippen LogP contribution is -2.43. The molecular formula is C43H59N5O10. The first-order chi connectivity index (χ1) is 27.2. The standard InChI is InChI=1S/C43H59N5O10/c1-27-17-20-32(34(25-27)56-23-13-12-21-46-39(51)31(44)26-35(49)57-42(2,3)4)48(8)40(52)29-18-19-30(38(54-9)36(29)45)37(50)28-15-10-11-16-33(28)55-24-14-22-47-41(53)58-43(5,6)7/h10-11,15-20,25,31H,12-14,21-24,26,44-45H2,1-9H3,(H,46,51)(H,47,53). The third kappa shape index (κ3) is 14.3. The van der Waals surface area contributed by atoms with Crippen LogP contribution in [0.5, 0.6) is 17.2 Å². The molecule has 3 rings (SSSR count). The fraction of sp³-hybridized carbons (Fsp3) is 0.465. The van der Waals surface area contributed by atoms with Crippen LogP contribution in [0.25, 0.3) is 0 Å². The van der Waals surface area contributed by atoms with Crippen LogP contribution < -0.4 is 41.2 Å². The number of nitrogens with zero attached hydrogens (tertiary/aromatic N) is 1. The number of hydrogen-bond donors (Lipinski definition) is 4. The molecule has 58 heavy (non-hydrogen) atoms. The third-order valence-electron chi connectivity index (χ3n) is 8.31. The average Bonchev–Trinajstić information content (AvgIpc) is 3.13. The number of amides is 3. The van der Waals surface area contributed by atoms with Gasteiger partial charge in [0.15, 0.2) is 5.75 Å². The van der Waals surface area contributed by atoms with E-state index in [0.29, 0.717) is 56.1 Å². The van der Waals surface area contributed by atoms with Gasteiger partial charge in [-0.2, -0.15) is 0 Å². The minimum absolute atomic E-state index is 0.0146. The van der Waals surface area contributed by atoms with Gasteiger partial charge in [-0.1, -0.05) is 18.2 Å². The Morgan fingerprint density at radius 1 is 0.759 bits per heavy atom. The van der Waals surface area contributed by atoms with Gasteiger partial charge < -0.3 is 50.7 Å². The minimum Gasteiger partial charge on any atom is -0.494 e. The van der Waals surface area contributed by atoms with Crippen LogP contribution in [0.3, 0.4) is 0 Å². The molecule has 1 atom stereocenters. The summed E-state index contributed by atoms with van der Waals surface area (Å²) in [4.78, 5) is 65.5. The van der Waals surface area contributed by atoms with Gasteiger partial charge in [0, 0.05) is 20.1 Å². The maximum Gasteiger partial charge on any atom is 0.407 e. The van der Waals surface area contributed by atoms with E-state index >= 15 is 0 Å². The number of aryl methyl sites for hydroxylation is 1. The molecule has 0 saturated carbocycles. The predicted octanol–water partition coefficient (Wildman–Crippen LogP) is 5.72. The van der Waals surface area contributed by atoms with Crippen molar-refractivity contribution in [2.24, 2.45) is 5.73 Å². The Kier molecular flexibility index (Phi) is 16.9. The molecule has 0 aliphatic rings. The number of ether oxygens (including phenoxy) is 5. The average molecular weight is 806 g/mol. The second-order valence-corrected chi connectivity index (χ2v) is 15.6. The van der Waals surface area contributed by atoms with Crippen molar-refractivity contribution in [3.05, 3.63) is 76.9 Å². The third-order valence-corrected chi connectivity index (χ3v) is 8.31. The summed E-state index contributed by atoms with van der Waals surface area (Å²) in [5, 5.41) is 5.41. The largest absolute Gasteiger partial charge is 0.494 e. The number of benzene rings is 3. The Hall–Kier alpha value is -5.83. The Balaban J connectivity index is 1.64. The van der Waals surface area contributed by atoms with E-state index in [9.17, 15) is 24.0 Å². The van der Waals surface area contributed by atoms with E-state index in [1.54, 1.807) is 78.9 Å². The van der Waals surface area contributed by atoms with E-state index in [1.165, 1.54) is 24.1 Å². The number of carbonyl (C=O) groups excluding carboxylic acids is 5.